The summed E-state index contributed by atoms with van der Waals surface area (Å²) in [6.45, 7) is 4.61. The number of piperidine rings is 2. The van der Waals surface area contributed by atoms with Crippen LogP contribution in [-0.2, 0) is 6.18 Å². The monoisotopic (exact) mass is 464 g/mol. The van der Waals surface area contributed by atoms with Crippen LogP contribution >= 0.6 is 0 Å². The standard InChI is InChI=1S/C23H27F3N4O3/c1-15-20(32-18-6-10-27-11-7-18)28-14-29-21(15)33-19-8-12-30(13-9-19)22(31)16-2-4-17(5-3-16)23(24,25)26/h2-5,14,18-19,27H,6-13H2,1H3. The molecular formula is C23H27F3N4O3. The predicted molar refractivity (Wildman–Crippen MR) is 114 cm³/mol. The number of carbonyl (C=O) groups excluding carboxylic acids is 1. The number of likely N-dealkylation sites (tertiary alicyclic amines) is 1. The Kier molecular flexibility index (Phi) is 7.02. The molecule has 3 heterocycles. The molecule has 1 N–H and O–H groups in total. The van der Waals surface area contributed by atoms with E-state index in [0.717, 1.165) is 43.6 Å². The maximum absolute atomic E-state index is 12.7. The first-order valence-corrected chi connectivity index (χ1v) is 11.1. The van der Waals surface area contributed by atoms with Gasteiger partial charge in [0, 0.05) is 31.5 Å². The topological polar surface area (TPSA) is 76.6 Å². The van der Waals surface area contributed by atoms with Gasteiger partial charge in [-0.2, -0.15) is 13.2 Å². The molecule has 0 spiro atoms. The summed E-state index contributed by atoms with van der Waals surface area (Å²) < 4.78 is 50.4. The van der Waals surface area contributed by atoms with E-state index < -0.39 is 11.7 Å². The molecule has 2 aliphatic rings. The molecule has 2 aromatic rings. The van der Waals surface area contributed by atoms with E-state index in [0.29, 0.717) is 37.7 Å². The molecule has 2 saturated heterocycles. The maximum Gasteiger partial charge on any atom is 0.416 e. The van der Waals surface area contributed by atoms with Gasteiger partial charge in [0.2, 0.25) is 11.8 Å². The van der Waals surface area contributed by atoms with Crippen molar-refractivity contribution < 1.29 is 27.4 Å². The average molecular weight is 464 g/mol. The van der Waals surface area contributed by atoms with Gasteiger partial charge in [-0.05, 0) is 57.1 Å². The molecule has 0 bridgehead atoms. The minimum atomic E-state index is -4.42. The molecule has 178 valence electrons. The van der Waals surface area contributed by atoms with E-state index in [2.05, 4.69) is 15.3 Å². The number of benzene rings is 1. The van der Waals surface area contributed by atoms with E-state index in [9.17, 15) is 18.0 Å². The second-order valence-corrected chi connectivity index (χ2v) is 8.36. The first-order valence-electron chi connectivity index (χ1n) is 11.1. The van der Waals surface area contributed by atoms with Gasteiger partial charge >= 0.3 is 6.18 Å². The van der Waals surface area contributed by atoms with Gasteiger partial charge in [0.15, 0.2) is 0 Å². The van der Waals surface area contributed by atoms with Crippen molar-refractivity contribution in [2.45, 2.75) is 51.0 Å². The second-order valence-electron chi connectivity index (χ2n) is 8.36. The van der Waals surface area contributed by atoms with E-state index >= 15 is 0 Å². The highest BCUT2D eigenvalue weighted by molar-refractivity contribution is 5.94. The third kappa shape index (κ3) is 5.73. The number of halogens is 3. The number of nitrogens with zero attached hydrogens (tertiary/aromatic N) is 3. The Balaban J connectivity index is 1.32. The Morgan fingerprint density at radius 3 is 2.06 bits per heavy atom. The molecule has 0 saturated carbocycles. The SMILES string of the molecule is Cc1c(OC2CCNCC2)ncnc1OC1CCN(C(=O)c2ccc(C(F)(F)F)cc2)CC1. The summed E-state index contributed by atoms with van der Waals surface area (Å²) in [5.41, 5.74) is 0.225. The Labute approximate surface area is 190 Å². The lowest BCUT2D eigenvalue weighted by molar-refractivity contribution is -0.137. The van der Waals surface area contributed by atoms with Crippen LogP contribution in [0.1, 0.15) is 47.2 Å². The highest BCUT2D eigenvalue weighted by Gasteiger charge is 2.31. The van der Waals surface area contributed by atoms with Crippen molar-refractivity contribution in [2.75, 3.05) is 26.2 Å². The van der Waals surface area contributed by atoms with Crippen molar-refractivity contribution in [3.05, 3.63) is 47.3 Å². The number of amides is 1. The molecule has 0 unspecified atom stereocenters. The molecule has 2 aliphatic heterocycles. The number of aromatic nitrogens is 2. The highest BCUT2D eigenvalue weighted by Crippen LogP contribution is 2.30. The normalized spacial score (nSPS) is 18.2. The minimum absolute atomic E-state index is 0.118. The highest BCUT2D eigenvalue weighted by atomic mass is 19.4. The van der Waals surface area contributed by atoms with E-state index in [1.807, 2.05) is 6.92 Å². The fourth-order valence-electron chi connectivity index (χ4n) is 4.05. The van der Waals surface area contributed by atoms with Gasteiger partial charge in [-0.25, -0.2) is 9.97 Å². The van der Waals surface area contributed by atoms with Crippen LogP contribution in [-0.4, -0.2) is 59.2 Å². The summed E-state index contributed by atoms with van der Waals surface area (Å²) in [5, 5.41) is 3.30. The third-order valence-electron chi connectivity index (χ3n) is 6.02. The van der Waals surface area contributed by atoms with Crippen LogP contribution in [0, 0.1) is 6.92 Å². The van der Waals surface area contributed by atoms with Gasteiger partial charge in [0.05, 0.1) is 11.1 Å². The fraction of sp³-hybridized carbons (Fsp3) is 0.522. The third-order valence-corrected chi connectivity index (χ3v) is 6.02. The molecule has 7 nitrogen and oxygen atoms in total. The van der Waals surface area contributed by atoms with Crippen LogP contribution in [0.3, 0.4) is 0 Å². The molecule has 0 radical (unpaired) electrons. The van der Waals surface area contributed by atoms with E-state index in [1.165, 1.54) is 18.5 Å². The summed E-state index contributed by atoms with van der Waals surface area (Å²) in [7, 11) is 0. The Bertz CT molecular complexity index is 954. The first kappa shape index (κ1) is 23.3. The summed E-state index contributed by atoms with van der Waals surface area (Å²) in [5.74, 6) is 0.723. The number of ether oxygens (including phenoxy) is 2. The van der Waals surface area contributed by atoms with Crippen molar-refractivity contribution in [3.8, 4) is 11.8 Å². The molecule has 2 fully saturated rings. The molecule has 0 aliphatic carbocycles. The Morgan fingerprint density at radius 1 is 0.970 bits per heavy atom. The second kappa shape index (κ2) is 9.94. The fourth-order valence-corrected chi connectivity index (χ4v) is 4.05. The van der Waals surface area contributed by atoms with Gasteiger partial charge in [-0.15, -0.1) is 0 Å². The van der Waals surface area contributed by atoms with Crippen molar-refractivity contribution in [1.82, 2.24) is 20.2 Å². The smallest absolute Gasteiger partial charge is 0.416 e. The average Bonchev–Trinajstić information content (AvgIpc) is 2.82. The Morgan fingerprint density at radius 2 is 1.52 bits per heavy atom. The lowest BCUT2D eigenvalue weighted by atomic mass is 10.1. The largest absolute Gasteiger partial charge is 0.474 e. The summed E-state index contributed by atoms with van der Waals surface area (Å²) in [6.07, 6.45) is 0.0438. The van der Waals surface area contributed by atoms with Crippen LogP contribution in [0.5, 0.6) is 11.8 Å². The predicted octanol–water partition coefficient (Wildman–Crippen LogP) is 3.62. The maximum atomic E-state index is 12.7. The van der Waals surface area contributed by atoms with E-state index in [1.54, 1.807) is 4.90 Å². The summed E-state index contributed by atoms with van der Waals surface area (Å²) >= 11 is 0. The van der Waals surface area contributed by atoms with Gasteiger partial charge in [0.25, 0.3) is 5.91 Å². The summed E-state index contributed by atoms with van der Waals surface area (Å²) in [4.78, 5) is 22.8. The van der Waals surface area contributed by atoms with E-state index in [4.69, 9.17) is 9.47 Å². The molecule has 4 rings (SSSR count). The van der Waals surface area contributed by atoms with Gasteiger partial charge in [-0.3, -0.25) is 4.79 Å². The van der Waals surface area contributed by atoms with Crippen molar-refractivity contribution in [1.29, 1.82) is 0 Å². The Hall–Kier alpha value is -2.88. The number of hydrogen-bond donors (Lipinski definition) is 1. The zero-order chi connectivity index (χ0) is 23.4. The van der Waals surface area contributed by atoms with Crippen LogP contribution < -0.4 is 14.8 Å². The quantitative estimate of drug-likeness (QED) is 0.729. The van der Waals surface area contributed by atoms with Crippen LogP contribution in [0.4, 0.5) is 13.2 Å². The molecule has 1 amide bonds. The molecule has 0 atom stereocenters. The number of hydrogen-bond acceptors (Lipinski definition) is 6. The van der Waals surface area contributed by atoms with Crippen molar-refractivity contribution in [3.63, 3.8) is 0 Å². The van der Waals surface area contributed by atoms with Gasteiger partial charge in [-0.1, -0.05) is 0 Å². The number of carbonyl (C=O) groups is 1. The van der Waals surface area contributed by atoms with Crippen LogP contribution in [0.25, 0.3) is 0 Å². The lowest BCUT2D eigenvalue weighted by Crippen LogP contribution is -2.42. The molecule has 33 heavy (non-hydrogen) atoms. The number of alkyl halides is 3. The first-order chi connectivity index (χ1) is 15.8. The van der Waals surface area contributed by atoms with Crippen LogP contribution in [0.2, 0.25) is 0 Å². The van der Waals surface area contributed by atoms with E-state index in [-0.39, 0.29) is 23.7 Å². The summed E-state index contributed by atoms with van der Waals surface area (Å²) in [6, 6.07) is 4.32. The van der Waals surface area contributed by atoms with Gasteiger partial charge in [0.1, 0.15) is 18.5 Å². The zero-order valence-electron chi connectivity index (χ0n) is 18.4. The molecule has 10 heteroatoms. The molecule has 1 aromatic heterocycles. The number of rotatable bonds is 5. The zero-order valence-corrected chi connectivity index (χ0v) is 18.4. The van der Waals surface area contributed by atoms with Gasteiger partial charge < -0.3 is 19.7 Å². The minimum Gasteiger partial charge on any atom is -0.474 e. The van der Waals surface area contributed by atoms with Crippen LogP contribution in [0.15, 0.2) is 30.6 Å². The molecule has 1 aromatic carbocycles. The number of nitrogens with one attached hydrogen (secondary N) is 1. The lowest BCUT2D eigenvalue weighted by Gasteiger charge is -2.32. The van der Waals surface area contributed by atoms with Crippen molar-refractivity contribution in [2.24, 2.45) is 0 Å². The van der Waals surface area contributed by atoms with Crippen molar-refractivity contribution >= 4 is 5.91 Å². The molecular weight excluding hydrogens is 437 g/mol.